The van der Waals surface area contributed by atoms with Crippen molar-refractivity contribution in [2.24, 2.45) is 4.99 Å². The van der Waals surface area contributed by atoms with Crippen LogP contribution < -0.4 is 21.3 Å². The summed E-state index contributed by atoms with van der Waals surface area (Å²) in [5.41, 5.74) is -0.985. The van der Waals surface area contributed by atoms with Gasteiger partial charge in [0.05, 0.1) is 13.1 Å². The Balaban J connectivity index is 1.79. The predicted molar refractivity (Wildman–Crippen MR) is 108 cm³/mol. The molecular weight excluding hydrogens is 401 g/mol. The highest BCUT2D eigenvalue weighted by Gasteiger charge is 2.32. The van der Waals surface area contributed by atoms with Crippen molar-refractivity contribution in [3.63, 3.8) is 0 Å². The van der Waals surface area contributed by atoms with Gasteiger partial charge in [0, 0.05) is 45.5 Å². The monoisotopic (exact) mass is 430 g/mol. The van der Waals surface area contributed by atoms with Crippen molar-refractivity contribution in [2.75, 3.05) is 51.6 Å². The lowest BCUT2D eigenvalue weighted by atomic mass is 10.1. The highest BCUT2D eigenvalue weighted by atomic mass is 19.4. The van der Waals surface area contributed by atoms with Crippen LogP contribution in [0.5, 0.6) is 0 Å². The topological polar surface area (TPSA) is 107 Å². The fourth-order valence-electron chi connectivity index (χ4n) is 2.97. The SMILES string of the molecule is CCNC(=NCCNc1nccc(C(F)(F)F)n1)NC1CCN(CC(=O)NC)CC1. The third kappa shape index (κ3) is 8.01. The quantitative estimate of drug-likeness (QED) is 0.273. The lowest BCUT2D eigenvalue weighted by Gasteiger charge is -2.32. The Morgan fingerprint density at radius 2 is 2.07 bits per heavy atom. The highest BCUT2D eigenvalue weighted by Crippen LogP contribution is 2.27. The number of likely N-dealkylation sites (tertiary alicyclic amines) is 1. The Morgan fingerprint density at radius 1 is 1.33 bits per heavy atom. The molecule has 9 nitrogen and oxygen atoms in total. The van der Waals surface area contributed by atoms with Crippen LogP contribution in [0.4, 0.5) is 19.1 Å². The van der Waals surface area contributed by atoms with Crippen LogP contribution in [0.1, 0.15) is 25.5 Å². The van der Waals surface area contributed by atoms with Gasteiger partial charge in [-0.25, -0.2) is 9.97 Å². The molecule has 0 atom stereocenters. The van der Waals surface area contributed by atoms with Crippen LogP contribution in [-0.2, 0) is 11.0 Å². The molecule has 0 saturated carbocycles. The number of aromatic nitrogens is 2. The number of rotatable bonds is 8. The van der Waals surface area contributed by atoms with Crippen LogP contribution in [0.25, 0.3) is 0 Å². The number of hydrogen-bond donors (Lipinski definition) is 4. The van der Waals surface area contributed by atoms with Crippen LogP contribution in [0, 0.1) is 0 Å². The number of aliphatic imine (C=N–C) groups is 1. The second kappa shape index (κ2) is 11.5. The summed E-state index contributed by atoms with van der Waals surface area (Å²) in [4.78, 5) is 25.3. The van der Waals surface area contributed by atoms with Crippen LogP contribution in [0.3, 0.4) is 0 Å². The van der Waals surface area contributed by atoms with E-state index < -0.39 is 11.9 Å². The Morgan fingerprint density at radius 3 is 2.70 bits per heavy atom. The van der Waals surface area contributed by atoms with E-state index >= 15 is 0 Å². The van der Waals surface area contributed by atoms with E-state index in [9.17, 15) is 18.0 Å². The predicted octanol–water partition coefficient (Wildman–Crippen LogP) is 0.673. The number of guanidine groups is 1. The van der Waals surface area contributed by atoms with Gasteiger partial charge >= 0.3 is 6.18 Å². The molecule has 1 aliphatic rings. The molecule has 1 saturated heterocycles. The van der Waals surface area contributed by atoms with Gasteiger partial charge in [-0.1, -0.05) is 0 Å². The third-order valence-electron chi connectivity index (χ3n) is 4.53. The molecule has 168 valence electrons. The molecule has 1 aromatic rings. The molecule has 1 aliphatic heterocycles. The number of amides is 1. The molecule has 0 radical (unpaired) electrons. The van der Waals surface area contributed by atoms with Gasteiger partial charge in [0.25, 0.3) is 0 Å². The first-order valence-corrected chi connectivity index (χ1v) is 9.93. The maximum absolute atomic E-state index is 12.7. The molecule has 0 bridgehead atoms. The molecule has 0 unspecified atom stereocenters. The Kier molecular flexibility index (Phi) is 9.09. The number of nitrogens with zero attached hydrogens (tertiary/aromatic N) is 4. The molecule has 30 heavy (non-hydrogen) atoms. The van der Waals surface area contributed by atoms with Gasteiger partial charge < -0.3 is 21.3 Å². The highest BCUT2D eigenvalue weighted by molar-refractivity contribution is 5.80. The first-order valence-electron chi connectivity index (χ1n) is 9.93. The van der Waals surface area contributed by atoms with Gasteiger partial charge in [-0.3, -0.25) is 14.7 Å². The molecule has 0 aromatic carbocycles. The zero-order chi connectivity index (χ0) is 22.0. The van der Waals surface area contributed by atoms with Crippen LogP contribution >= 0.6 is 0 Å². The van der Waals surface area contributed by atoms with E-state index in [1.54, 1.807) is 7.05 Å². The molecular formula is C18H29F3N8O. The lowest BCUT2D eigenvalue weighted by Crippen LogP contribution is -2.50. The summed E-state index contributed by atoms with van der Waals surface area (Å²) >= 11 is 0. The second-order valence-corrected chi connectivity index (χ2v) is 6.82. The van der Waals surface area contributed by atoms with Crippen molar-refractivity contribution >= 4 is 17.8 Å². The number of alkyl halides is 3. The van der Waals surface area contributed by atoms with Crippen molar-refractivity contribution < 1.29 is 18.0 Å². The van der Waals surface area contributed by atoms with E-state index in [2.05, 4.69) is 41.1 Å². The van der Waals surface area contributed by atoms with E-state index in [-0.39, 0.29) is 17.9 Å². The van der Waals surface area contributed by atoms with Gasteiger partial charge in [-0.2, -0.15) is 13.2 Å². The van der Waals surface area contributed by atoms with E-state index in [1.807, 2.05) is 6.92 Å². The molecule has 4 N–H and O–H groups in total. The zero-order valence-electron chi connectivity index (χ0n) is 17.2. The molecule has 1 fully saturated rings. The van der Waals surface area contributed by atoms with Gasteiger partial charge in [-0.15, -0.1) is 0 Å². The third-order valence-corrected chi connectivity index (χ3v) is 4.53. The average Bonchev–Trinajstić information content (AvgIpc) is 2.72. The summed E-state index contributed by atoms with van der Waals surface area (Å²) in [7, 11) is 1.63. The molecule has 12 heteroatoms. The second-order valence-electron chi connectivity index (χ2n) is 6.82. The zero-order valence-corrected chi connectivity index (χ0v) is 17.2. The van der Waals surface area contributed by atoms with Gasteiger partial charge in [-0.05, 0) is 25.8 Å². The standard InChI is InChI=1S/C18H29F3N8O/c1-3-23-16(27-13-5-10-29(11-6-13)12-15(30)22-2)25-8-9-26-17-24-7-4-14(28-17)18(19,20)21/h4,7,13H,3,5-6,8-12H2,1-2H3,(H,22,30)(H2,23,25,27)(H,24,26,28). The first-order chi connectivity index (χ1) is 14.3. The largest absolute Gasteiger partial charge is 0.433 e. The molecule has 1 amide bonds. The molecule has 2 rings (SSSR count). The van der Waals surface area contributed by atoms with Crippen molar-refractivity contribution in [1.82, 2.24) is 30.8 Å². The summed E-state index contributed by atoms with van der Waals surface area (Å²) < 4.78 is 38.1. The van der Waals surface area contributed by atoms with Crippen LogP contribution in [-0.4, -0.2) is 79.1 Å². The fourth-order valence-corrected chi connectivity index (χ4v) is 2.97. The van der Waals surface area contributed by atoms with Crippen LogP contribution in [0.15, 0.2) is 17.3 Å². The number of halogens is 3. The minimum Gasteiger partial charge on any atom is -0.358 e. The van der Waals surface area contributed by atoms with Crippen molar-refractivity contribution in [1.29, 1.82) is 0 Å². The van der Waals surface area contributed by atoms with Crippen LogP contribution in [0.2, 0.25) is 0 Å². The first kappa shape index (κ1) is 23.6. The van der Waals surface area contributed by atoms with E-state index in [1.165, 1.54) is 0 Å². The molecule has 1 aromatic heterocycles. The maximum atomic E-state index is 12.7. The number of anilines is 1. The number of likely N-dealkylation sites (N-methyl/N-ethyl adjacent to an activating group) is 1. The summed E-state index contributed by atoms with van der Waals surface area (Å²) in [5, 5.41) is 11.9. The summed E-state index contributed by atoms with van der Waals surface area (Å²) in [5.74, 6) is 0.573. The van der Waals surface area contributed by atoms with Gasteiger partial charge in [0.15, 0.2) is 5.96 Å². The summed E-state index contributed by atoms with van der Waals surface area (Å²) in [6.07, 6.45) is -1.66. The molecule has 0 spiro atoms. The number of carbonyl (C=O) groups excluding carboxylic acids is 1. The van der Waals surface area contributed by atoms with Gasteiger partial charge in [0.2, 0.25) is 11.9 Å². The minimum atomic E-state index is -4.50. The smallest absolute Gasteiger partial charge is 0.358 e. The maximum Gasteiger partial charge on any atom is 0.433 e. The average molecular weight is 430 g/mol. The number of piperidine rings is 1. The lowest BCUT2D eigenvalue weighted by molar-refractivity contribution is -0.141. The van der Waals surface area contributed by atoms with Crippen molar-refractivity contribution in [3.05, 3.63) is 18.0 Å². The minimum absolute atomic E-state index is 0.00793. The number of hydrogen-bond acceptors (Lipinski definition) is 6. The van der Waals surface area contributed by atoms with Gasteiger partial charge in [0.1, 0.15) is 5.69 Å². The number of carbonyl (C=O) groups is 1. The Labute approximate surface area is 173 Å². The molecule has 2 heterocycles. The van der Waals surface area contributed by atoms with E-state index in [4.69, 9.17) is 0 Å². The van der Waals surface area contributed by atoms with Crippen molar-refractivity contribution in [3.8, 4) is 0 Å². The van der Waals surface area contributed by atoms with Crippen molar-refractivity contribution in [2.45, 2.75) is 32.0 Å². The summed E-state index contributed by atoms with van der Waals surface area (Å²) in [6, 6.07) is 1.07. The van der Waals surface area contributed by atoms with E-state index in [0.29, 0.717) is 32.1 Å². The summed E-state index contributed by atoms with van der Waals surface area (Å²) in [6.45, 7) is 5.31. The Bertz CT molecular complexity index is 705. The fraction of sp³-hybridized carbons (Fsp3) is 0.667. The number of nitrogens with one attached hydrogen (secondary N) is 4. The molecule has 0 aliphatic carbocycles. The Hall–Kier alpha value is -2.63. The van der Waals surface area contributed by atoms with E-state index in [0.717, 1.165) is 38.2 Å². The normalized spacial score (nSPS) is 16.2.